The van der Waals surface area contributed by atoms with Crippen LogP contribution in [0.1, 0.15) is 60.9 Å². The van der Waals surface area contributed by atoms with Crippen LogP contribution < -0.4 is 4.74 Å². The van der Waals surface area contributed by atoms with E-state index in [1.807, 2.05) is 86.5 Å². The molecule has 1 fully saturated rings. The molecule has 0 aliphatic carbocycles. The van der Waals surface area contributed by atoms with Gasteiger partial charge in [0.2, 0.25) is 0 Å². The van der Waals surface area contributed by atoms with Gasteiger partial charge < -0.3 is 9.64 Å². The highest BCUT2D eigenvalue weighted by Gasteiger charge is 2.45. The van der Waals surface area contributed by atoms with Gasteiger partial charge in [-0.15, -0.1) is 0 Å². The maximum atomic E-state index is 13.9. The molecule has 194 valence electrons. The maximum absolute atomic E-state index is 13.9. The SMILES string of the molecule is CC(C)(C)n1cc2c(n1)C(=O)CC1(CCN(C(=O)c3cc(-c4ccc(Cl)cc4)nc4ccccc34)CC1)O2. The van der Waals surface area contributed by atoms with Crippen LogP contribution in [0.3, 0.4) is 0 Å². The minimum atomic E-state index is -0.610. The molecule has 2 aromatic heterocycles. The highest BCUT2D eigenvalue weighted by atomic mass is 35.5. The quantitative estimate of drug-likeness (QED) is 0.312. The minimum absolute atomic E-state index is 0.00163. The molecule has 1 amide bonds. The molecular weight excluding hydrogens is 500 g/mol. The minimum Gasteiger partial charge on any atom is -0.483 e. The molecule has 6 rings (SSSR count). The van der Waals surface area contributed by atoms with Gasteiger partial charge in [0.15, 0.2) is 17.2 Å². The molecule has 8 heteroatoms. The van der Waals surface area contributed by atoms with E-state index in [-0.39, 0.29) is 23.7 Å². The van der Waals surface area contributed by atoms with Gasteiger partial charge in [0.1, 0.15) is 5.60 Å². The number of hydrogen-bond acceptors (Lipinski definition) is 5. The third kappa shape index (κ3) is 4.35. The number of halogens is 1. The number of carbonyl (C=O) groups is 2. The molecule has 0 radical (unpaired) electrons. The number of likely N-dealkylation sites (tertiary alicyclic amines) is 1. The number of amides is 1. The third-order valence-electron chi connectivity index (χ3n) is 7.49. The number of carbonyl (C=O) groups excluding carboxylic acids is 2. The summed E-state index contributed by atoms with van der Waals surface area (Å²) in [6.07, 6.45) is 3.27. The second-order valence-electron chi connectivity index (χ2n) is 11.2. The Hall–Kier alpha value is -3.71. The van der Waals surface area contributed by atoms with Gasteiger partial charge in [-0.25, -0.2) is 4.98 Å². The molecule has 38 heavy (non-hydrogen) atoms. The number of pyridine rings is 1. The normalized spacial score (nSPS) is 16.9. The zero-order valence-corrected chi connectivity index (χ0v) is 22.5. The van der Waals surface area contributed by atoms with Crippen molar-refractivity contribution in [1.82, 2.24) is 19.7 Å². The van der Waals surface area contributed by atoms with Gasteiger partial charge in [-0.3, -0.25) is 14.3 Å². The number of hydrogen-bond donors (Lipinski definition) is 0. The summed E-state index contributed by atoms with van der Waals surface area (Å²) >= 11 is 6.08. The maximum Gasteiger partial charge on any atom is 0.254 e. The molecule has 2 aromatic carbocycles. The molecule has 0 bridgehead atoms. The van der Waals surface area contributed by atoms with Gasteiger partial charge in [0, 0.05) is 41.9 Å². The predicted octanol–water partition coefficient (Wildman–Crippen LogP) is 6.15. The van der Waals surface area contributed by atoms with Crippen LogP contribution in [0.5, 0.6) is 5.75 Å². The first kappa shape index (κ1) is 24.6. The molecule has 2 aliphatic heterocycles. The van der Waals surface area contributed by atoms with Crippen LogP contribution in [0.4, 0.5) is 0 Å². The van der Waals surface area contributed by atoms with Crippen LogP contribution in [0, 0.1) is 0 Å². The number of rotatable bonds is 2. The Morgan fingerprint density at radius 3 is 2.47 bits per heavy atom. The van der Waals surface area contributed by atoms with E-state index in [1.54, 1.807) is 4.68 Å². The number of ether oxygens (including phenoxy) is 1. The number of nitrogens with zero attached hydrogens (tertiary/aromatic N) is 4. The van der Waals surface area contributed by atoms with Crippen molar-refractivity contribution < 1.29 is 14.3 Å². The van der Waals surface area contributed by atoms with Crippen LogP contribution in [0.25, 0.3) is 22.2 Å². The molecule has 1 saturated heterocycles. The topological polar surface area (TPSA) is 77.3 Å². The highest BCUT2D eigenvalue weighted by Crippen LogP contribution is 2.40. The molecule has 2 aliphatic rings. The summed E-state index contributed by atoms with van der Waals surface area (Å²) in [6.45, 7) is 7.12. The molecular formula is C30H29ClN4O3. The average Bonchev–Trinajstić information content (AvgIpc) is 3.34. The lowest BCUT2D eigenvalue weighted by Gasteiger charge is -2.43. The summed E-state index contributed by atoms with van der Waals surface area (Å²) in [5.41, 5.74) is 2.55. The molecule has 0 saturated carbocycles. The smallest absolute Gasteiger partial charge is 0.254 e. The Morgan fingerprint density at radius 1 is 1.05 bits per heavy atom. The molecule has 4 heterocycles. The molecule has 0 atom stereocenters. The van der Waals surface area contributed by atoms with E-state index in [2.05, 4.69) is 5.10 Å². The van der Waals surface area contributed by atoms with Crippen molar-refractivity contribution in [3.05, 3.63) is 77.1 Å². The van der Waals surface area contributed by atoms with Crippen molar-refractivity contribution in [2.24, 2.45) is 0 Å². The second-order valence-corrected chi connectivity index (χ2v) is 11.7. The Balaban J connectivity index is 1.26. The van der Waals surface area contributed by atoms with Crippen LogP contribution in [0.2, 0.25) is 5.02 Å². The van der Waals surface area contributed by atoms with E-state index in [4.69, 9.17) is 21.3 Å². The lowest BCUT2D eigenvalue weighted by molar-refractivity contribution is -0.00581. The molecule has 0 unspecified atom stereocenters. The van der Waals surface area contributed by atoms with Crippen LogP contribution in [-0.4, -0.2) is 50.0 Å². The molecule has 0 N–H and O–H groups in total. The van der Waals surface area contributed by atoms with Crippen molar-refractivity contribution in [3.63, 3.8) is 0 Å². The van der Waals surface area contributed by atoms with Gasteiger partial charge in [0.05, 0.1) is 34.9 Å². The van der Waals surface area contributed by atoms with E-state index < -0.39 is 5.60 Å². The van der Waals surface area contributed by atoms with Crippen molar-refractivity contribution in [1.29, 1.82) is 0 Å². The fourth-order valence-corrected chi connectivity index (χ4v) is 5.43. The summed E-state index contributed by atoms with van der Waals surface area (Å²) in [6, 6.07) is 17.0. The fourth-order valence-electron chi connectivity index (χ4n) is 5.30. The first-order chi connectivity index (χ1) is 18.1. The highest BCUT2D eigenvalue weighted by molar-refractivity contribution is 6.30. The van der Waals surface area contributed by atoms with Crippen molar-refractivity contribution in [2.75, 3.05) is 13.1 Å². The van der Waals surface area contributed by atoms with Crippen LogP contribution in [-0.2, 0) is 5.54 Å². The number of Topliss-reactive ketones (excluding diaryl/α,β-unsaturated/α-hetero) is 1. The van der Waals surface area contributed by atoms with Crippen molar-refractivity contribution in [3.8, 4) is 17.0 Å². The van der Waals surface area contributed by atoms with Gasteiger partial charge >= 0.3 is 0 Å². The van der Waals surface area contributed by atoms with Gasteiger partial charge in [-0.2, -0.15) is 5.10 Å². The number of piperidine rings is 1. The largest absolute Gasteiger partial charge is 0.483 e. The Morgan fingerprint density at radius 2 is 1.76 bits per heavy atom. The first-order valence-electron chi connectivity index (χ1n) is 12.9. The number of aromatic nitrogens is 3. The van der Waals surface area contributed by atoms with Gasteiger partial charge in [-0.05, 0) is 45.0 Å². The Bertz CT molecular complexity index is 1560. The Kier molecular flexibility index (Phi) is 5.80. The second kappa shape index (κ2) is 8.95. The number of fused-ring (bicyclic) bond motifs is 2. The fraction of sp³-hybridized carbons (Fsp3) is 0.333. The summed E-state index contributed by atoms with van der Waals surface area (Å²) < 4.78 is 8.23. The average molecular weight is 529 g/mol. The Labute approximate surface area is 226 Å². The van der Waals surface area contributed by atoms with Crippen LogP contribution >= 0.6 is 11.6 Å². The van der Waals surface area contributed by atoms with E-state index in [0.29, 0.717) is 48.0 Å². The summed E-state index contributed by atoms with van der Waals surface area (Å²) in [5, 5.41) is 5.96. The lowest BCUT2D eigenvalue weighted by atomic mass is 9.83. The number of ketones is 1. The van der Waals surface area contributed by atoms with Crippen LogP contribution in [0.15, 0.2) is 60.8 Å². The molecule has 4 aromatic rings. The molecule has 7 nitrogen and oxygen atoms in total. The van der Waals surface area contributed by atoms with E-state index >= 15 is 0 Å². The first-order valence-corrected chi connectivity index (χ1v) is 13.3. The zero-order chi connectivity index (χ0) is 26.7. The van der Waals surface area contributed by atoms with Crippen molar-refractivity contribution in [2.45, 2.75) is 51.2 Å². The standard InChI is InChI=1S/C30H29ClN4O3/c1-29(2,3)35-18-26-27(33-35)25(36)17-30(38-26)12-14-34(15-13-30)28(37)22-16-24(19-8-10-20(31)11-9-19)32-23-7-5-4-6-21(22)23/h4-11,16,18H,12-15,17H2,1-3H3. The molecule has 1 spiro atoms. The van der Waals surface area contributed by atoms with E-state index in [9.17, 15) is 9.59 Å². The summed E-state index contributed by atoms with van der Waals surface area (Å²) in [4.78, 5) is 33.5. The predicted molar refractivity (Wildman–Crippen MR) is 147 cm³/mol. The number of benzene rings is 2. The van der Waals surface area contributed by atoms with Crippen molar-refractivity contribution >= 4 is 34.2 Å². The summed E-state index contributed by atoms with van der Waals surface area (Å²) in [5.74, 6) is 0.502. The zero-order valence-electron chi connectivity index (χ0n) is 21.7. The van der Waals surface area contributed by atoms with Gasteiger partial charge in [-0.1, -0.05) is 41.9 Å². The van der Waals surface area contributed by atoms with E-state index in [0.717, 1.165) is 22.2 Å². The van der Waals surface area contributed by atoms with Gasteiger partial charge in [0.25, 0.3) is 5.91 Å². The monoisotopic (exact) mass is 528 g/mol. The lowest BCUT2D eigenvalue weighted by Crippen LogP contribution is -2.52. The number of para-hydroxylation sites is 1. The third-order valence-corrected chi connectivity index (χ3v) is 7.74. The van der Waals surface area contributed by atoms with E-state index in [1.165, 1.54) is 0 Å². The summed E-state index contributed by atoms with van der Waals surface area (Å²) in [7, 11) is 0.